The summed E-state index contributed by atoms with van der Waals surface area (Å²) in [5.74, 6) is -1.23. The molecular formula is C25H34O6. The van der Waals surface area contributed by atoms with Gasteiger partial charge in [0.2, 0.25) is 0 Å². The zero-order valence-corrected chi connectivity index (χ0v) is 19.2. The maximum Gasteiger partial charge on any atom is 0.351 e. The molecule has 0 spiro atoms. The quantitative estimate of drug-likeness (QED) is 0.200. The summed E-state index contributed by atoms with van der Waals surface area (Å²) in [6.07, 6.45) is 10.8. The van der Waals surface area contributed by atoms with E-state index >= 15 is 0 Å². The highest BCUT2D eigenvalue weighted by Gasteiger charge is 2.21. The van der Waals surface area contributed by atoms with Crippen LogP contribution < -0.4 is 5.63 Å². The molecule has 0 fully saturated rings. The molecule has 0 radical (unpaired) electrons. The second kappa shape index (κ2) is 13.4. The van der Waals surface area contributed by atoms with Crippen LogP contribution in [0.1, 0.15) is 88.8 Å². The predicted molar refractivity (Wildman–Crippen MR) is 121 cm³/mol. The van der Waals surface area contributed by atoms with E-state index in [4.69, 9.17) is 9.15 Å². The molecule has 1 heterocycles. The van der Waals surface area contributed by atoms with Crippen molar-refractivity contribution in [1.29, 1.82) is 0 Å². The summed E-state index contributed by atoms with van der Waals surface area (Å²) in [4.78, 5) is 36.4. The van der Waals surface area contributed by atoms with E-state index < -0.39 is 17.4 Å². The van der Waals surface area contributed by atoms with Crippen molar-refractivity contribution in [2.45, 2.75) is 72.6 Å². The van der Waals surface area contributed by atoms with E-state index in [1.54, 1.807) is 26.0 Å². The largest absolute Gasteiger partial charge is 0.507 e. The van der Waals surface area contributed by atoms with Crippen LogP contribution in [0, 0.1) is 0 Å². The summed E-state index contributed by atoms with van der Waals surface area (Å²) in [6.45, 7) is 9.61. The number of Topliss-reactive ketones (excluding diaryl/α,β-unsaturated/α-hetero) is 1. The molecule has 0 aliphatic rings. The SMILES string of the molecule is CCCC/C(C)=C/C=C(\C)C(=O)c1c(O)cc(C(C)CC/C=C/C(=O)OCC)oc1=O. The first-order chi connectivity index (χ1) is 14.7. The average molecular weight is 431 g/mol. The monoisotopic (exact) mass is 430 g/mol. The number of ketones is 1. The zero-order chi connectivity index (χ0) is 23.4. The number of carbonyl (C=O) groups is 2. The normalized spacial score (nSPS) is 13.5. The van der Waals surface area contributed by atoms with Gasteiger partial charge in [0.05, 0.1) is 6.61 Å². The van der Waals surface area contributed by atoms with Gasteiger partial charge < -0.3 is 14.3 Å². The Morgan fingerprint density at radius 3 is 2.55 bits per heavy atom. The van der Waals surface area contributed by atoms with Crippen LogP contribution >= 0.6 is 0 Å². The molecule has 1 atom stereocenters. The van der Waals surface area contributed by atoms with E-state index in [0.717, 1.165) is 24.8 Å². The summed E-state index contributed by atoms with van der Waals surface area (Å²) in [5.41, 5.74) is 0.287. The molecule has 1 unspecified atom stereocenters. The number of unbranched alkanes of at least 4 members (excludes halogenated alkanes) is 1. The molecule has 6 nitrogen and oxygen atoms in total. The van der Waals surface area contributed by atoms with Crippen molar-refractivity contribution in [2.75, 3.05) is 6.61 Å². The second-order valence-electron chi connectivity index (χ2n) is 7.62. The lowest BCUT2D eigenvalue weighted by molar-refractivity contribution is -0.137. The van der Waals surface area contributed by atoms with Gasteiger partial charge in [-0.05, 0) is 52.0 Å². The Morgan fingerprint density at radius 1 is 1.23 bits per heavy atom. The third-order valence-corrected chi connectivity index (χ3v) is 4.87. The highest BCUT2D eigenvalue weighted by atomic mass is 16.5. The van der Waals surface area contributed by atoms with Crippen molar-refractivity contribution in [3.8, 4) is 5.75 Å². The van der Waals surface area contributed by atoms with Crippen LogP contribution in [0.5, 0.6) is 5.75 Å². The van der Waals surface area contributed by atoms with E-state index in [0.29, 0.717) is 30.8 Å². The first-order valence-electron chi connectivity index (χ1n) is 10.8. The molecule has 6 heteroatoms. The average Bonchev–Trinajstić information content (AvgIpc) is 2.72. The number of hydrogen-bond donors (Lipinski definition) is 1. The molecule has 31 heavy (non-hydrogen) atoms. The van der Waals surface area contributed by atoms with E-state index in [-0.39, 0.29) is 17.2 Å². The molecule has 0 saturated heterocycles. The zero-order valence-electron chi connectivity index (χ0n) is 19.2. The van der Waals surface area contributed by atoms with Crippen molar-refractivity contribution < 1.29 is 23.8 Å². The number of esters is 1. The van der Waals surface area contributed by atoms with Crippen LogP contribution in [0.2, 0.25) is 0 Å². The Hall–Kier alpha value is -2.89. The van der Waals surface area contributed by atoms with Gasteiger partial charge in [-0.15, -0.1) is 0 Å². The van der Waals surface area contributed by atoms with Crippen LogP contribution in [0.3, 0.4) is 0 Å². The van der Waals surface area contributed by atoms with Crippen molar-refractivity contribution in [2.24, 2.45) is 0 Å². The van der Waals surface area contributed by atoms with Crippen LogP contribution in [-0.4, -0.2) is 23.5 Å². The smallest absolute Gasteiger partial charge is 0.351 e. The molecular weight excluding hydrogens is 396 g/mol. The van der Waals surface area contributed by atoms with Crippen LogP contribution in [0.25, 0.3) is 0 Å². The summed E-state index contributed by atoms with van der Waals surface area (Å²) in [5, 5.41) is 10.3. The Labute approximate surface area is 184 Å². The van der Waals surface area contributed by atoms with E-state index in [9.17, 15) is 19.5 Å². The fraction of sp³-hybridized carbons (Fsp3) is 0.480. The minimum atomic E-state index is -0.853. The number of rotatable bonds is 12. The van der Waals surface area contributed by atoms with Gasteiger partial charge >= 0.3 is 11.6 Å². The van der Waals surface area contributed by atoms with Gasteiger partial charge in [0.15, 0.2) is 5.78 Å². The summed E-state index contributed by atoms with van der Waals surface area (Å²) in [7, 11) is 0. The minimum Gasteiger partial charge on any atom is -0.507 e. The molecule has 0 aliphatic carbocycles. The predicted octanol–water partition coefficient (Wildman–Crippen LogP) is 5.61. The molecule has 0 amide bonds. The van der Waals surface area contributed by atoms with Gasteiger partial charge in [-0.2, -0.15) is 0 Å². The molecule has 1 N–H and O–H groups in total. The highest BCUT2D eigenvalue weighted by Crippen LogP contribution is 2.26. The maximum absolute atomic E-state index is 12.7. The Balaban J connectivity index is 2.90. The lowest BCUT2D eigenvalue weighted by atomic mass is 9.99. The lowest BCUT2D eigenvalue weighted by Crippen LogP contribution is -2.16. The summed E-state index contributed by atoms with van der Waals surface area (Å²) < 4.78 is 10.1. The fourth-order valence-corrected chi connectivity index (χ4v) is 2.89. The van der Waals surface area contributed by atoms with Crippen molar-refractivity contribution in [3.63, 3.8) is 0 Å². The standard InChI is InChI=1S/C25H34O6/c1-6-8-11-17(3)14-15-19(5)24(28)23-20(26)16-21(31-25(23)29)18(4)12-9-10-13-22(27)30-7-2/h10,13-16,18,26H,6-9,11-12H2,1-5H3/b13-10+,17-14+,19-15+. The third kappa shape index (κ3) is 8.79. The fourth-order valence-electron chi connectivity index (χ4n) is 2.89. The Morgan fingerprint density at radius 2 is 1.94 bits per heavy atom. The number of aromatic hydroxyl groups is 1. The van der Waals surface area contributed by atoms with Gasteiger partial charge in [-0.3, -0.25) is 4.79 Å². The van der Waals surface area contributed by atoms with E-state index in [1.807, 2.05) is 19.9 Å². The van der Waals surface area contributed by atoms with Gasteiger partial charge in [0, 0.05) is 18.1 Å². The minimum absolute atomic E-state index is 0.185. The summed E-state index contributed by atoms with van der Waals surface area (Å²) in [6, 6.07) is 1.32. The number of ether oxygens (including phenoxy) is 1. The molecule has 0 aliphatic heterocycles. The van der Waals surface area contributed by atoms with Gasteiger partial charge in [-0.25, -0.2) is 9.59 Å². The topological polar surface area (TPSA) is 93.8 Å². The molecule has 0 bridgehead atoms. The second-order valence-corrected chi connectivity index (χ2v) is 7.62. The third-order valence-electron chi connectivity index (χ3n) is 4.87. The van der Waals surface area contributed by atoms with Crippen LogP contribution in [-0.2, 0) is 9.53 Å². The first-order valence-corrected chi connectivity index (χ1v) is 10.8. The van der Waals surface area contributed by atoms with Crippen LogP contribution in [0.15, 0.2) is 50.7 Å². The van der Waals surface area contributed by atoms with E-state index in [2.05, 4.69) is 6.92 Å². The Kier molecular flexibility index (Phi) is 11.3. The maximum atomic E-state index is 12.7. The first kappa shape index (κ1) is 26.1. The number of hydrogen-bond acceptors (Lipinski definition) is 6. The number of allylic oxidation sites excluding steroid dienone is 5. The Bertz CT molecular complexity index is 901. The van der Waals surface area contributed by atoms with Crippen LogP contribution in [0.4, 0.5) is 0 Å². The molecule has 0 aromatic carbocycles. The van der Waals surface area contributed by atoms with Gasteiger partial charge in [-0.1, -0.05) is 44.1 Å². The van der Waals surface area contributed by atoms with Crippen molar-refractivity contribution in [3.05, 3.63) is 63.3 Å². The lowest BCUT2D eigenvalue weighted by Gasteiger charge is -2.11. The summed E-state index contributed by atoms with van der Waals surface area (Å²) >= 11 is 0. The highest BCUT2D eigenvalue weighted by molar-refractivity contribution is 6.09. The molecule has 0 saturated carbocycles. The van der Waals surface area contributed by atoms with Gasteiger partial charge in [0.1, 0.15) is 17.1 Å². The molecule has 1 aromatic rings. The molecule has 1 rings (SSSR count). The van der Waals surface area contributed by atoms with Crippen molar-refractivity contribution >= 4 is 11.8 Å². The number of carbonyl (C=O) groups excluding carboxylic acids is 2. The van der Waals surface area contributed by atoms with Crippen molar-refractivity contribution in [1.82, 2.24) is 0 Å². The van der Waals surface area contributed by atoms with Gasteiger partial charge in [0.25, 0.3) is 0 Å². The molecule has 170 valence electrons. The van der Waals surface area contributed by atoms with E-state index in [1.165, 1.54) is 12.1 Å². The molecule has 1 aromatic heterocycles.